The van der Waals surface area contributed by atoms with Crippen molar-refractivity contribution in [1.82, 2.24) is 5.32 Å². The Bertz CT molecular complexity index is 728. The first kappa shape index (κ1) is 19.0. The lowest BCUT2D eigenvalue weighted by Crippen LogP contribution is -2.39. The summed E-state index contributed by atoms with van der Waals surface area (Å²) in [6, 6.07) is 0. The summed E-state index contributed by atoms with van der Waals surface area (Å²) in [5.74, 6) is -3.68. The minimum atomic E-state index is -1.17. The molecule has 4 atom stereocenters. The summed E-state index contributed by atoms with van der Waals surface area (Å²) < 4.78 is 0. The van der Waals surface area contributed by atoms with Gasteiger partial charge in [-0.15, -0.1) is 0 Å². The molecule has 2 bridgehead atoms. The first-order valence-electron chi connectivity index (χ1n) is 8.33. The van der Waals surface area contributed by atoms with Gasteiger partial charge in [-0.3, -0.25) is 19.2 Å². The average Bonchev–Trinajstić information content (AvgIpc) is 2.54. The molecule has 0 saturated heterocycles. The molecule has 1 aliphatic heterocycles. The molecule has 1 amide bonds. The van der Waals surface area contributed by atoms with Gasteiger partial charge in [0.25, 0.3) is 0 Å². The van der Waals surface area contributed by atoms with Crippen LogP contribution < -0.4 is 5.32 Å². The molecule has 1 heterocycles. The Morgan fingerprint density at radius 1 is 1.08 bits per heavy atom. The second-order valence-electron chi connectivity index (χ2n) is 6.92. The second kappa shape index (κ2) is 7.27. The number of rotatable bonds is 0. The van der Waals surface area contributed by atoms with Crippen LogP contribution >= 0.6 is 0 Å². The minimum Gasteiger partial charge on any atom is -0.388 e. The van der Waals surface area contributed by atoms with E-state index in [1.165, 1.54) is 6.92 Å². The van der Waals surface area contributed by atoms with Crippen LogP contribution in [-0.4, -0.2) is 34.5 Å². The van der Waals surface area contributed by atoms with Gasteiger partial charge in [0.1, 0.15) is 5.78 Å². The van der Waals surface area contributed by atoms with Gasteiger partial charge in [0.2, 0.25) is 11.7 Å². The average molecular weight is 345 g/mol. The van der Waals surface area contributed by atoms with Gasteiger partial charge in [0.05, 0.1) is 17.7 Å². The van der Waals surface area contributed by atoms with Crippen molar-refractivity contribution >= 4 is 23.3 Å². The van der Waals surface area contributed by atoms with Gasteiger partial charge in [-0.2, -0.15) is 0 Å². The maximum absolute atomic E-state index is 12.5. The number of aliphatic hydroxyl groups excluding tert-OH is 1. The maximum Gasteiger partial charge on any atom is 0.234 e. The second-order valence-corrected chi connectivity index (χ2v) is 6.92. The van der Waals surface area contributed by atoms with Crippen LogP contribution in [0, 0.1) is 17.8 Å². The maximum atomic E-state index is 12.5. The first-order chi connectivity index (χ1) is 11.6. The lowest BCUT2D eigenvalue weighted by molar-refractivity contribution is -0.135. The van der Waals surface area contributed by atoms with E-state index in [4.69, 9.17) is 0 Å². The molecule has 2 N–H and O–H groups in total. The summed E-state index contributed by atoms with van der Waals surface area (Å²) in [6.45, 7) is 6.80. The molecule has 25 heavy (non-hydrogen) atoms. The number of carbonyl (C=O) groups excluding carboxylic acids is 4. The van der Waals surface area contributed by atoms with Gasteiger partial charge < -0.3 is 10.4 Å². The molecule has 0 aromatic rings. The standard InChI is InChI=1S/C19H23NO5/c1-9-5-10(2)16(22)12(4)19(25)20-15-8-13(21)7-14(18(15)24)17(23)11(3)6-9/h6-8,10-12,17,23H,5H2,1-4H3,(H,20,25)/b9-6+/t10?,11-,12+,17+/m1/s1. The van der Waals surface area contributed by atoms with Crippen LogP contribution in [0.5, 0.6) is 0 Å². The zero-order valence-electron chi connectivity index (χ0n) is 14.8. The van der Waals surface area contributed by atoms with Gasteiger partial charge >= 0.3 is 0 Å². The van der Waals surface area contributed by atoms with Gasteiger partial charge in [-0.25, -0.2) is 0 Å². The molecule has 6 heteroatoms. The highest BCUT2D eigenvalue weighted by Crippen LogP contribution is 2.25. The van der Waals surface area contributed by atoms with Crippen molar-refractivity contribution in [2.75, 3.05) is 0 Å². The monoisotopic (exact) mass is 345 g/mol. The van der Waals surface area contributed by atoms with Gasteiger partial charge in [-0.05, 0) is 26.3 Å². The largest absolute Gasteiger partial charge is 0.388 e. The Hall–Kier alpha value is -2.34. The van der Waals surface area contributed by atoms with E-state index in [0.29, 0.717) is 6.42 Å². The summed E-state index contributed by atoms with van der Waals surface area (Å²) >= 11 is 0. The first-order valence-corrected chi connectivity index (χ1v) is 8.33. The molecule has 1 aliphatic carbocycles. The highest BCUT2D eigenvalue weighted by atomic mass is 16.3. The molecule has 0 aromatic heterocycles. The van der Waals surface area contributed by atoms with Crippen molar-refractivity contribution in [3.63, 3.8) is 0 Å². The van der Waals surface area contributed by atoms with Crippen LogP contribution in [-0.2, 0) is 19.2 Å². The molecule has 1 unspecified atom stereocenters. The molecule has 0 saturated carbocycles. The highest BCUT2D eigenvalue weighted by molar-refractivity contribution is 6.22. The molecule has 0 aromatic carbocycles. The van der Waals surface area contributed by atoms with Crippen molar-refractivity contribution in [2.24, 2.45) is 17.8 Å². The van der Waals surface area contributed by atoms with E-state index in [1.807, 2.05) is 6.92 Å². The zero-order valence-corrected chi connectivity index (χ0v) is 14.8. The van der Waals surface area contributed by atoms with Crippen molar-refractivity contribution in [1.29, 1.82) is 0 Å². The number of Topliss-reactive ketones (excluding diaryl/α,β-unsaturated/α-hetero) is 2. The quantitative estimate of drug-likeness (QED) is 0.391. The van der Waals surface area contributed by atoms with Crippen molar-refractivity contribution in [3.8, 4) is 0 Å². The normalized spacial score (nSPS) is 33.9. The lowest BCUT2D eigenvalue weighted by atomic mass is 9.87. The zero-order chi connectivity index (χ0) is 18.9. The summed E-state index contributed by atoms with van der Waals surface area (Å²) in [6.07, 6.45) is 3.20. The van der Waals surface area contributed by atoms with Crippen LogP contribution in [0.1, 0.15) is 34.1 Å². The Labute approximate surface area is 146 Å². The van der Waals surface area contributed by atoms with E-state index < -0.39 is 35.4 Å². The van der Waals surface area contributed by atoms with E-state index in [1.54, 1.807) is 19.9 Å². The van der Waals surface area contributed by atoms with Gasteiger partial charge in [0, 0.05) is 23.5 Å². The third-order valence-electron chi connectivity index (χ3n) is 4.65. The van der Waals surface area contributed by atoms with Crippen molar-refractivity contribution in [2.45, 2.75) is 40.2 Å². The predicted molar refractivity (Wildman–Crippen MR) is 91.2 cm³/mol. The van der Waals surface area contributed by atoms with E-state index in [9.17, 15) is 24.3 Å². The minimum absolute atomic E-state index is 0.0503. The summed E-state index contributed by atoms with van der Waals surface area (Å²) in [7, 11) is 0. The lowest BCUT2D eigenvalue weighted by Gasteiger charge is -2.22. The Kier molecular flexibility index (Phi) is 5.52. The molecule has 0 radical (unpaired) electrons. The molecule has 134 valence electrons. The Morgan fingerprint density at radius 2 is 1.72 bits per heavy atom. The molecular formula is C19H23NO5. The molecule has 6 nitrogen and oxygen atoms in total. The number of fused-ring (bicyclic) bond motifs is 2. The van der Waals surface area contributed by atoms with E-state index in [2.05, 4.69) is 5.32 Å². The number of allylic oxidation sites excluding steroid dienone is 4. The number of amides is 1. The third-order valence-corrected chi connectivity index (χ3v) is 4.65. The smallest absolute Gasteiger partial charge is 0.234 e. The fraction of sp³-hybridized carbons (Fsp3) is 0.474. The molecule has 0 spiro atoms. The Balaban J connectivity index is 2.49. The fourth-order valence-electron chi connectivity index (χ4n) is 3.21. The number of ketones is 3. The fourth-order valence-corrected chi connectivity index (χ4v) is 3.21. The van der Waals surface area contributed by atoms with Gasteiger partial charge in [0.15, 0.2) is 5.78 Å². The SMILES string of the molecule is C/C1=C\[C@@H](C)[C@H](O)C2=CC(=O)C=C(NC(=O)[C@@H](C)C(=O)C(C)C1)C2=O. The molecule has 2 aliphatic rings. The van der Waals surface area contributed by atoms with Gasteiger partial charge in [-0.1, -0.05) is 25.5 Å². The number of carbonyl (C=O) groups is 4. The summed E-state index contributed by atoms with van der Waals surface area (Å²) in [5, 5.41) is 12.9. The van der Waals surface area contributed by atoms with E-state index in [0.717, 1.165) is 17.7 Å². The third kappa shape index (κ3) is 4.02. The summed E-state index contributed by atoms with van der Waals surface area (Å²) in [5.41, 5.74) is 0.627. The molecule has 0 fully saturated rings. The predicted octanol–water partition coefficient (Wildman–Crippen LogP) is 1.25. The van der Waals surface area contributed by atoms with E-state index in [-0.39, 0.29) is 23.0 Å². The number of aliphatic hydroxyl groups is 1. The van der Waals surface area contributed by atoms with Crippen LogP contribution in [0.15, 0.2) is 35.1 Å². The Morgan fingerprint density at radius 3 is 2.36 bits per heavy atom. The number of nitrogens with one attached hydrogen (secondary N) is 1. The van der Waals surface area contributed by atoms with Crippen LogP contribution in [0.2, 0.25) is 0 Å². The van der Waals surface area contributed by atoms with Crippen LogP contribution in [0.25, 0.3) is 0 Å². The highest BCUT2D eigenvalue weighted by Gasteiger charge is 2.33. The molecule has 2 rings (SSSR count). The summed E-state index contributed by atoms with van der Waals surface area (Å²) in [4.78, 5) is 49.2. The van der Waals surface area contributed by atoms with Crippen LogP contribution in [0.3, 0.4) is 0 Å². The van der Waals surface area contributed by atoms with Crippen molar-refractivity contribution < 1.29 is 24.3 Å². The number of hydrogen-bond acceptors (Lipinski definition) is 5. The van der Waals surface area contributed by atoms with E-state index >= 15 is 0 Å². The number of hydrogen-bond donors (Lipinski definition) is 2. The molecular weight excluding hydrogens is 322 g/mol. The van der Waals surface area contributed by atoms with Crippen LogP contribution in [0.4, 0.5) is 0 Å². The van der Waals surface area contributed by atoms with Crippen molar-refractivity contribution in [3.05, 3.63) is 35.1 Å². The topological polar surface area (TPSA) is 101 Å².